The molecule has 2 aromatic rings. The van der Waals surface area contributed by atoms with Crippen LogP contribution in [0.15, 0.2) is 36.4 Å². The minimum atomic E-state index is -0.176. The smallest absolute Gasteiger partial charge is 0.126 e. The molecule has 2 N–H and O–H groups in total. The van der Waals surface area contributed by atoms with Crippen LogP contribution in [-0.2, 0) is 0 Å². The van der Waals surface area contributed by atoms with E-state index in [2.05, 4.69) is 0 Å². The Balaban J connectivity index is 2.59. The second-order valence-electron chi connectivity index (χ2n) is 3.98. The highest BCUT2D eigenvalue weighted by atomic mass is 19.1. The first-order chi connectivity index (χ1) is 7.59. The van der Waals surface area contributed by atoms with Crippen LogP contribution in [0.25, 0.3) is 11.1 Å². The highest BCUT2D eigenvalue weighted by Crippen LogP contribution is 2.28. The molecule has 0 bridgehead atoms. The molecular weight excluding hydrogens is 201 g/mol. The Kier molecular flexibility index (Phi) is 2.65. The quantitative estimate of drug-likeness (QED) is 0.721. The van der Waals surface area contributed by atoms with Crippen LogP contribution in [-0.4, -0.2) is 0 Å². The van der Waals surface area contributed by atoms with Crippen LogP contribution in [0, 0.1) is 19.7 Å². The van der Waals surface area contributed by atoms with Gasteiger partial charge in [0.25, 0.3) is 0 Å². The Hall–Kier alpha value is -1.83. The molecule has 0 aromatic heterocycles. The average Bonchev–Trinajstić information content (AvgIpc) is 2.26. The molecule has 2 rings (SSSR count). The van der Waals surface area contributed by atoms with Gasteiger partial charge in [-0.2, -0.15) is 0 Å². The van der Waals surface area contributed by atoms with Crippen LogP contribution in [0.4, 0.5) is 10.1 Å². The second-order valence-corrected chi connectivity index (χ2v) is 3.98. The zero-order chi connectivity index (χ0) is 11.7. The van der Waals surface area contributed by atoms with Crippen molar-refractivity contribution in [3.05, 3.63) is 53.3 Å². The fourth-order valence-corrected chi connectivity index (χ4v) is 1.78. The van der Waals surface area contributed by atoms with Gasteiger partial charge in [-0.15, -0.1) is 0 Å². The molecule has 0 saturated heterocycles. The van der Waals surface area contributed by atoms with E-state index in [9.17, 15) is 4.39 Å². The van der Waals surface area contributed by atoms with Crippen LogP contribution in [0.5, 0.6) is 0 Å². The van der Waals surface area contributed by atoms with Gasteiger partial charge in [0.1, 0.15) is 5.82 Å². The molecular formula is C14H14FN. The number of rotatable bonds is 1. The Morgan fingerprint density at radius 2 is 1.81 bits per heavy atom. The lowest BCUT2D eigenvalue weighted by Gasteiger charge is -2.09. The van der Waals surface area contributed by atoms with Crippen molar-refractivity contribution in [3.63, 3.8) is 0 Å². The van der Waals surface area contributed by atoms with E-state index in [1.165, 1.54) is 6.07 Å². The van der Waals surface area contributed by atoms with Crippen LogP contribution in [0.1, 0.15) is 11.1 Å². The summed E-state index contributed by atoms with van der Waals surface area (Å²) in [4.78, 5) is 0. The molecule has 2 aromatic carbocycles. The van der Waals surface area contributed by atoms with Crippen molar-refractivity contribution in [2.75, 3.05) is 5.73 Å². The van der Waals surface area contributed by atoms with Crippen molar-refractivity contribution in [3.8, 4) is 11.1 Å². The van der Waals surface area contributed by atoms with Crippen molar-refractivity contribution < 1.29 is 4.39 Å². The summed E-state index contributed by atoms with van der Waals surface area (Å²) in [6.07, 6.45) is 0. The summed E-state index contributed by atoms with van der Waals surface area (Å²) in [5.41, 5.74) is 10.4. The summed E-state index contributed by atoms with van der Waals surface area (Å²) < 4.78 is 13.2. The van der Waals surface area contributed by atoms with Gasteiger partial charge >= 0.3 is 0 Å². The second kappa shape index (κ2) is 3.97. The van der Waals surface area contributed by atoms with Crippen molar-refractivity contribution in [1.29, 1.82) is 0 Å². The van der Waals surface area contributed by atoms with Gasteiger partial charge in [-0.05, 0) is 54.3 Å². The topological polar surface area (TPSA) is 26.0 Å². The monoisotopic (exact) mass is 215 g/mol. The van der Waals surface area contributed by atoms with Gasteiger partial charge in [-0.25, -0.2) is 4.39 Å². The van der Waals surface area contributed by atoms with E-state index in [1.54, 1.807) is 13.0 Å². The standard InChI is InChI=1S/C14H14FN/c1-9-8-11(6-7-13(9)15)12-4-3-5-14(16)10(12)2/h3-8H,16H2,1-2H3. The van der Waals surface area contributed by atoms with Crippen LogP contribution >= 0.6 is 0 Å². The molecule has 0 radical (unpaired) electrons. The molecule has 0 unspecified atom stereocenters. The average molecular weight is 215 g/mol. The molecule has 0 heterocycles. The molecule has 0 aliphatic rings. The molecule has 0 atom stereocenters. The molecule has 2 heteroatoms. The first-order valence-corrected chi connectivity index (χ1v) is 5.21. The lowest BCUT2D eigenvalue weighted by molar-refractivity contribution is 0.619. The normalized spacial score (nSPS) is 10.4. The lowest BCUT2D eigenvalue weighted by Crippen LogP contribution is -1.92. The van der Waals surface area contributed by atoms with Crippen molar-refractivity contribution in [2.45, 2.75) is 13.8 Å². The van der Waals surface area contributed by atoms with E-state index in [4.69, 9.17) is 5.73 Å². The van der Waals surface area contributed by atoms with Crippen LogP contribution in [0.3, 0.4) is 0 Å². The molecule has 0 spiro atoms. The fraction of sp³-hybridized carbons (Fsp3) is 0.143. The number of halogens is 1. The third-order valence-corrected chi connectivity index (χ3v) is 2.84. The maximum Gasteiger partial charge on any atom is 0.126 e. The van der Waals surface area contributed by atoms with E-state index in [1.807, 2.05) is 31.2 Å². The van der Waals surface area contributed by atoms with Gasteiger partial charge in [0, 0.05) is 5.69 Å². The minimum Gasteiger partial charge on any atom is -0.398 e. The lowest BCUT2D eigenvalue weighted by atomic mass is 9.98. The maximum absolute atomic E-state index is 13.2. The molecule has 0 saturated carbocycles. The van der Waals surface area contributed by atoms with Crippen LogP contribution in [0.2, 0.25) is 0 Å². The van der Waals surface area contributed by atoms with E-state index in [0.29, 0.717) is 5.56 Å². The Labute approximate surface area is 94.7 Å². The Bertz CT molecular complexity index is 532. The Morgan fingerprint density at radius 3 is 2.50 bits per heavy atom. The highest BCUT2D eigenvalue weighted by molar-refractivity contribution is 5.73. The number of nitrogen functional groups attached to an aromatic ring is 1. The number of hydrogen-bond acceptors (Lipinski definition) is 1. The number of benzene rings is 2. The SMILES string of the molecule is Cc1cc(-c2cccc(N)c2C)ccc1F. The van der Waals surface area contributed by atoms with E-state index >= 15 is 0 Å². The minimum absolute atomic E-state index is 0.176. The van der Waals surface area contributed by atoms with Crippen molar-refractivity contribution in [1.82, 2.24) is 0 Å². The Morgan fingerprint density at radius 1 is 1.06 bits per heavy atom. The zero-order valence-electron chi connectivity index (χ0n) is 9.42. The molecule has 82 valence electrons. The highest BCUT2D eigenvalue weighted by Gasteiger charge is 2.05. The summed E-state index contributed by atoms with van der Waals surface area (Å²) in [7, 11) is 0. The maximum atomic E-state index is 13.2. The number of anilines is 1. The molecule has 1 nitrogen and oxygen atoms in total. The third kappa shape index (κ3) is 1.78. The number of aryl methyl sites for hydroxylation is 1. The van der Waals surface area contributed by atoms with Crippen molar-refractivity contribution in [2.24, 2.45) is 0 Å². The number of hydrogen-bond donors (Lipinski definition) is 1. The van der Waals surface area contributed by atoms with Gasteiger partial charge in [-0.1, -0.05) is 18.2 Å². The summed E-state index contributed by atoms with van der Waals surface area (Å²) >= 11 is 0. The fourth-order valence-electron chi connectivity index (χ4n) is 1.78. The molecule has 0 fully saturated rings. The number of nitrogens with two attached hydrogens (primary N) is 1. The predicted octanol–water partition coefficient (Wildman–Crippen LogP) is 3.69. The first-order valence-electron chi connectivity index (χ1n) is 5.21. The van der Waals surface area contributed by atoms with Gasteiger partial charge < -0.3 is 5.73 Å². The van der Waals surface area contributed by atoms with Gasteiger partial charge in [0.15, 0.2) is 0 Å². The van der Waals surface area contributed by atoms with E-state index < -0.39 is 0 Å². The molecule has 16 heavy (non-hydrogen) atoms. The van der Waals surface area contributed by atoms with Gasteiger partial charge in [-0.3, -0.25) is 0 Å². The summed E-state index contributed by atoms with van der Waals surface area (Å²) in [5.74, 6) is -0.176. The van der Waals surface area contributed by atoms with E-state index in [-0.39, 0.29) is 5.82 Å². The molecule has 0 amide bonds. The predicted molar refractivity (Wildman–Crippen MR) is 65.7 cm³/mol. The molecule has 0 aliphatic carbocycles. The van der Waals surface area contributed by atoms with Gasteiger partial charge in [0.05, 0.1) is 0 Å². The third-order valence-electron chi connectivity index (χ3n) is 2.84. The van der Waals surface area contributed by atoms with E-state index in [0.717, 1.165) is 22.4 Å². The first kappa shape index (κ1) is 10.7. The van der Waals surface area contributed by atoms with Crippen molar-refractivity contribution >= 4 is 5.69 Å². The summed E-state index contributed by atoms with van der Waals surface area (Å²) in [6.45, 7) is 3.74. The summed E-state index contributed by atoms with van der Waals surface area (Å²) in [6, 6.07) is 10.9. The molecule has 0 aliphatic heterocycles. The largest absolute Gasteiger partial charge is 0.398 e. The summed E-state index contributed by atoms with van der Waals surface area (Å²) in [5, 5.41) is 0. The van der Waals surface area contributed by atoms with Gasteiger partial charge in [0.2, 0.25) is 0 Å². The van der Waals surface area contributed by atoms with Crippen LogP contribution < -0.4 is 5.73 Å². The zero-order valence-corrected chi connectivity index (χ0v) is 9.42.